The maximum atomic E-state index is 11.3. The predicted octanol–water partition coefficient (Wildman–Crippen LogP) is 3.52. The molecule has 0 amide bonds. The normalized spacial score (nSPS) is 11.5. The number of carbonyl (C=O) groups is 1. The lowest BCUT2D eigenvalue weighted by atomic mass is 9.99. The van der Waals surface area contributed by atoms with E-state index in [1.807, 2.05) is 26.0 Å². The third-order valence-corrected chi connectivity index (χ3v) is 3.32. The van der Waals surface area contributed by atoms with Crippen LogP contribution in [0.15, 0.2) is 18.2 Å². The maximum Gasteiger partial charge on any atom is 0.200 e. The first-order valence-electron chi connectivity index (χ1n) is 4.33. The second-order valence-electron chi connectivity index (χ2n) is 3.38. The number of alkyl halides is 2. The largest absolute Gasteiger partial charge is 0.296 e. The first kappa shape index (κ1) is 11.5. The van der Waals surface area contributed by atoms with Gasteiger partial charge < -0.3 is 0 Å². The van der Waals surface area contributed by atoms with Crippen molar-refractivity contribution in [3.8, 4) is 0 Å². The Bertz CT molecular complexity index is 370. The Balaban J connectivity index is 3.33. The number of hydrogen-bond acceptors (Lipinski definition) is 1. The van der Waals surface area contributed by atoms with E-state index in [0.717, 1.165) is 11.1 Å². The number of carbonyl (C=O) groups excluding carboxylic acids is 1. The van der Waals surface area contributed by atoms with Gasteiger partial charge in [-0.2, -0.15) is 0 Å². The number of halogens is 2. The summed E-state index contributed by atoms with van der Waals surface area (Å²) in [4.78, 5) is 11.3. The fourth-order valence-electron chi connectivity index (χ4n) is 1.28. The zero-order valence-electron chi connectivity index (χ0n) is 8.40. The summed E-state index contributed by atoms with van der Waals surface area (Å²) < 4.78 is -1.42. The number of benzene rings is 1. The molecule has 1 aromatic carbocycles. The number of rotatable bonds is 2. The molecule has 1 rings (SSSR count). The summed E-state index contributed by atoms with van der Waals surface area (Å²) in [5, 5.41) is 0. The van der Waals surface area contributed by atoms with Gasteiger partial charge in [-0.1, -0.05) is 41.4 Å². The standard InChI is InChI=1S/C11H12Cl2O/c1-7-5-4-6-10(8(7)2)11(12,13)9(3)14/h4-6H,1-3H3. The predicted molar refractivity (Wildman–Crippen MR) is 60.0 cm³/mol. The second kappa shape index (κ2) is 3.92. The molecule has 0 heterocycles. The van der Waals surface area contributed by atoms with E-state index in [1.165, 1.54) is 6.92 Å². The molecule has 0 saturated heterocycles. The zero-order chi connectivity index (χ0) is 10.9. The molecule has 0 radical (unpaired) electrons. The molecular weight excluding hydrogens is 219 g/mol. The van der Waals surface area contributed by atoms with Gasteiger partial charge in [-0.15, -0.1) is 0 Å². The third-order valence-electron chi connectivity index (χ3n) is 2.39. The molecule has 3 heteroatoms. The fraction of sp³-hybridized carbons (Fsp3) is 0.364. The summed E-state index contributed by atoms with van der Waals surface area (Å²) in [6, 6.07) is 5.59. The molecule has 0 atom stereocenters. The van der Waals surface area contributed by atoms with Crippen molar-refractivity contribution in [2.24, 2.45) is 0 Å². The maximum absolute atomic E-state index is 11.3. The van der Waals surface area contributed by atoms with Crippen LogP contribution in [0.1, 0.15) is 23.6 Å². The Morgan fingerprint density at radius 1 is 1.29 bits per heavy atom. The lowest BCUT2D eigenvalue weighted by Crippen LogP contribution is -2.21. The lowest BCUT2D eigenvalue weighted by Gasteiger charge is -2.19. The van der Waals surface area contributed by atoms with Gasteiger partial charge in [0.15, 0.2) is 5.78 Å². The average Bonchev–Trinajstić information content (AvgIpc) is 2.09. The van der Waals surface area contributed by atoms with Gasteiger partial charge in [0.05, 0.1) is 0 Å². The summed E-state index contributed by atoms with van der Waals surface area (Å²) in [5.74, 6) is -0.255. The molecule has 76 valence electrons. The van der Waals surface area contributed by atoms with Crippen LogP contribution in [0.3, 0.4) is 0 Å². The molecule has 0 spiro atoms. The highest BCUT2D eigenvalue weighted by molar-refractivity contribution is 6.57. The summed E-state index contributed by atoms with van der Waals surface area (Å²) in [6.07, 6.45) is 0. The van der Waals surface area contributed by atoms with E-state index < -0.39 is 4.33 Å². The Morgan fingerprint density at radius 3 is 2.36 bits per heavy atom. The van der Waals surface area contributed by atoms with Crippen LogP contribution in [0, 0.1) is 13.8 Å². The van der Waals surface area contributed by atoms with Gasteiger partial charge in [0.1, 0.15) is 0 Å². The molecule has 0 unspecified atom stereocenters. The molecule has 0 bridgehead atoms. The highest BCUT2D eigenvalue weighted by atomic mass is 35.5. The van der Waals surface area contributed by atoms with Crippen molar-refractivity contribution in [1.82, 2.24) is 0 Å². The van der Waals surface area contributed by atoms with Crippen LogP contribution in [-0.2, 0) is 9.13 Å². The van der Waals surface area contributed by atoms with Gasteiger partial charge in [0.25, 0.3) is 0 Å². The first-order valence-corrected chi connectivity index (χ1v) is 5.08. The summed E-state index contributed by atoms with van der Waals surface area (Å²) in [6.45, 7) is 5.26. The van der Waals surface area contributed by atoms with E-state index in [2.05, 4.69) is 0 Å². The minimum Gasteiger partial charge on any atom is -0.296 e. The van der Waals surface area contributed by atoms with E-state index in [1.54, 1.807) is 6.07 Å². The summed E-state index contributed by atoms with van der Waals surface area (Å²) in [7, 11) is 0. The van der Waals surface area contributed by atoms with Gasteiger partial charge in [0, 0.05) is 0 Å². The van der Waals surface area contributed by atoms with Crippen LogP contribution in [0.2, 0.25) is 0 Å². The van der Waals surface area contributed by atoms with Crippen LogP contribution < -0.4 is 0 Å². The number of aryl methyl sites for hydroxylation is 1. The monoisotopic (exact) mass is 230 g/mol. The Hall–Kier alpha value is -0.530. The van der Waals surface area contributed by atoms with Crippen molar-refractivity contribution >= 4 is 29.0 Å². The molecule has 0 saturated carbocycles. The summed E-state index contributed by atoms with van der Waals surface area (Å²) >= 11 is 12.0. The molecule has 0 aliphatic rings. The molecule has 14 heavy (non-hydrogen) atoms. The van der Waals surface area contributed by atoms with Crippen molar-refractivity contribution in [2.75, 3.05) is 0 Å². The van der Waals surface area contributed by atoms with Crippen molar-refractivity contribution in [3.63, 3.8) is 0 Å². The topological polar surface area (TPSA) is 17.1 Å². The molecule has 1 aromatic rings. The SMILES string of the molecule is CC(=O)C(Cl)(Cl)c1cccc(C)c1C. The third kappa shape index (κ3) is 1.94. The first-order chi connectivity index (χ1) is 6.37. The van der Waals surface area contributed by atoms with Gasteiger partial charge in [-0.25, -0.2) is 0 Å². The highest BCUT2D eigenvalue weighted by Crippen LogP contribution is 2.37. The summed E-state index contributed by atoms with van der Waals surface area (Å²) in [5.41, 5.74) is 2.72. The van der Waals surface area contributed by atoms with Crippen molar-refractivity contribution in [1.29, 1.82) is 0 Å². The number of ketones is 1. The highest BCUT2D eigenvalue weighted by Gasteiger charge is 2.33. The van der Waals surface area contributed by atoms with Gasteiger partial charge in [-0.05, 0) is 37.5 Å². The Kier molecular flexibility index (Phi) is 3.23. The minimum atomic E-state index is -1.42. The van der Waals surface area contributed by atoms with E-state index in [4.69, 9.17) is 23.2 Å². The van der Waals surface area contributed by atoms with Crippen molar-refractivity contribution in [3.05, 3.63) is 34.9 Å². The molecular formula is C11H12Cl2O. The van der Waals surface area contributed by atoms with Crippen molar-refractivity contribution in [2.45, 2.75) is 25.1 Å². The van der Waals surface area contributed by atoms with E-state index in [9.17, 15) is 4.79 Å². The van der Waals surface area contributed by atoms with Gasteiger partial charge in [-0.3, -0.25) is 4.79 Å². The van der Waals surface area contributed by atoms with Gasteiger partial charge in [0.2, 0.25) is 4.33 Å². The minimum absolute atomic E-state index is 0.255. The van der Waals surface area contributed by atoms with Crippen molar-refractivity contribution < 1.29 is 4.79 Å². The Morgan fingerprint density at radius 2 is 1.86 bits per heavy atom. The van der Waals surface area contributed by atoms with Crippen LogP contribution in [-0.4, -0.2) is 5.78 Å². The van der Waals surface area contributed by atoms with Crippen LogP contribution in [0.25, 0.3) is 0 Å². The van der Waals surface area contributed by atoms with E-state index in [0.29, 0.717) is 5.56 Å². The zero-order valence-corrected chi connectivity index (χ0v) is 9.91. The van der Waals surface area contributed by atoms with E-state index in [-0.39, 0.29) is 5.78 Å². The number of Topliss-reactive ketones (excluding diaryl/α,β-unsaturated/α-hetero) is 1. The van der Waals surface area contributed by atoms with Crippen LogP contribution in [0.5, 0.6) is 0 Å². The molecule has 0 aliphatic carbocycles. The quantitative estimate of drug-likeness (QED) is 0.711. The van der Waals surface area contributed by atoms with Gasteiger partial charge >= 0.3 is 0 Å². The number of hydrogen-bond donors (Lipinski definition) is 0. The van der Waals surface area contributed by atoms with E-state index >= 15 is 0 Å². The molecule has 0 fully saturated rings. The molecule has 0 aliphatic heterocycles. The molecule has 0 N–H and O–H groups in total. The van der Waals surface area contributed by atoms with Crippen LogP contribution >= 0.6 is 23.2 Å². The molecule has 1 nitrogen and oxygen atoms in total. The average molecular weight is 231 g/mol. The fourth-order valence-corrected chi connectivity index (χ4v) is 1.69. The Labute approximate surface area is 94.0 Å². The van der Waals surface area contributed by atoms with Crippen LogP contribution in [0.4, 0.5) is 0 Å². The second-order valence-corrected chi connectivity index (χ2v) is 4.71. The lowest BCUT2D eigenvalue weighted by molar-refractivity contribution is -0.117. The molecule has 0 aromatic heterocycles. The smallest absolute Gasteiger partial charge is 0.200 e.